The summed E-state index contributed by atoms with van der Waals surface area (Å²) in [6, 6.07) is 10.8. The van der Waals surface area contributed by atoms with Crippen LogP contribution in [0, 0.1) is 5.92 Å². The van der Waals surface area contributed by atoms with Crippen LogP contribution in [0.4, 0.5) is 0 Å². The van der Waals surface area contributed by atoms with Crippen molar-refractivity contribution in [2.45, 2.75) is 32.4 Å². The van der Waals surface area contributed by atoms with Crippen molar-refractivity contribution in [3.05, 3.63) is 35.4 Å². The van der Waals surface area contributed by atoms with Crippen LogP contribution in [0.15, 0.2) is 24.3 Å². The lowest BCUT2D eigenvalue weighted by molar-refractivity contribution is -0.121. The van der Waals surface area contributed by atoms with Crippen molar-refractivity contribution in [2.24, 2.45) is 5.92 Å². The highest BCUT2D eigenvalue weighted by molar-refractivity contribution is 5.40. The zero-order chi connectivity index (χ0) is 8.41. The Morgan fingerprint density at radius 1 is 1.21 bits per heavy atom. The second-order valence-corrected chi connectivity index (χ2v) is 4.61. The number of piperidine rings is 1. The summed E-state index contributed by atoms with van der Waals surface area (Å²) in [4.78, 5) is 2.68. The van der Waals surface area contributed by atoms with E-state index in [0.717, 1.165) is 18.0 Å². The lowest BCUT2D eigenvalue weighted by atomic mass is 9.73. The molecule has 2 saturated heterocycles. The third-order valence-electron chi connectivity index (χ3n) is 4.20. The molecule has 0 spiro atoms. The standard InChI is InChI=1S/C12H13N.CH4/c1-2-4-9-8(3-1)7-10-11-5-6-13(11)12(9)10;/h1-4,10-12H,5-7H2;1H4/t10-,11?,12+;/m1./s1. The van der Waals surface area contributed by atoms with Gasteiger partial charge in [-0.3, -0.25) is 4.90 Å². The van der Waals surface area contributed by atoms with Crippen molar-refractivity contribution in [3.63, 3.8) is 0 Å². The summed E-state index contributed by atoms with van der Waals surface area (Å²) < 4.78 is 0. The first-order valence-electron chi connectivity index (χ1n) is 5.29. The Kier molecular flexibility index (Phi) is 1.58. The molecular formula is C13H17N. The normalized spacial score (nSPS) is 37.0. The third-order valence-corrected chi connectivity index (χ3v) is 4.20. The predicted octanol–water partition coefficient (Wildman–Crippen LogP) is 2.62. The van der Waals surface area contributed by atoms with Crippen LogP contribution in [0.3, 0.4) is 0 Å². The van der Waals surface area contributed by atoms with Gasteiger partial charge in [-0.05, 0) is 29.9 Å². The Labute approximate surface area is 85.7 Å². The van der Waals surface area contributed by atoms with Crippen molar-refractivity contribution < 1.29 is 0 Å². The minimum absolute atomic E-state index is 0. The monoisotopic (exact) mass is 187 g/mol. The first-order chi connectivity index (χ1) is 6.45. The molecule has 0 aromatic heterocycles. The number of rotatable bonds is 0. The predicted molar refractivity (Wildman–Crippen MR) is 58.2 cm³/mol. The summed E-state index contributed by atoms with van der Waals surface area (Å²) in [7, 11) is 0. The molecule has 1 nitrogen and oxygen atoms in total. The average Bonchev–Trinajstić information content (AvgIpc) is 2.42. The fourth-order valence-corrected chi connectivity index (χ4v) is 3.51. The Balaban J connectivity index is 0.000000640. The van der Waals surface area contributed by atoms with Crippen LogP contribution in [-0.2, 0) is 6.42 Å². The Hall–Kier alpha value is -0.820. The van der Waals surface area contributed by atoms with Gasteiger partial charge in [0.1, 0.15) is 0 Å². The average molecular weight is 187 g/mol. The van der Waals surface area contributed by atoms with Gasteiger partial charge in [-0.2, -0.15) is 0 Å². The maximum absolute atomic E-state index is 2.68. The molecular weight excluding hydrogens is 170 g/mol. The molecule has 0 saturated carbocycles. The van der Waals surface area contributed by atoms with Crippen LogP contribution in [0.2, 0.25) is 0 Å². The van der Waals surface area contributed by atoms with E-state index in [1.165, 1.54) is 19.4 Å². The summed E-state index contributed by atoms with van der Waals surface area (Å²) in [5.74, 6) is 0.978. The molecule has 1 aromatic carbocycles. The first kappa shape index (κ1) is 8.49. The number of hydrogen-bond acceptors (Lipinski definition) is 1. The van der Waals surface area contributed by atoms with E-state index in [9.17, 15) is 0 Å². The molecule has 3 aliphatic rings. The van der Waals surface area contributed by atoms with Crippen LogP contribution < -0.4 is 0 Å². The van der Waals surface area contributed by atoms with E-state index in [4.69, 9.17) is 0 Å². The lowest BCUT2D eigenvalue weighted by Gasteiger charge is -2.60. The molecule has 0 amide bonds. The van der Waals surface area contributed by atoms with E-state index in [0.29, 0.717) is 0 Å². The molecule has 1 unspecified atom stereocenters. The molecule has 3 atom stereocenters. The molecule has 0 N–H and O–H groups in total. The van der Waals surface area contributed by atoms with E-state index in [1.807, 2.05) is 0 Å². The smallest absolute Gasteiger partial charge is 0.0400 e. The molecule has 74 valence electrons. The second-order valence-electron chi connectivity index (χ2n) is 4.61. The third kappa shape index (κ3) is 0.755. The van der Waals surface area contributed by atoms with Gasteiger partial charge in [0.25, 0.3) is 0 Å². The molecule has 1 aromatic rings. The highest BCUT2D eigenvalue weighted by Gasteiger charge is 2.56. The Bertz CT molecular complexity index is 371. The van der Waals surface area contributed by atoms with E-state index >= 15 is 0 Å². The first-order valence-corrected chi connectivity index (χ1v) is 5.29. The molecule has 2 aliphatic heterocycles. The summed E-state index contributed by atoms with van der Waals surface area (Å²) in [6.07, 6.45) is 2.80. The minimum atomic E-state index is 0. The van der Waals surface area contributed by atoms with Gasteiger partial charge >= 0.3 is 0 Å². The van der Waals surface area contributed by atoms with Crippen molar-refractivity contribution in [2.75, 3.05) is 6.54 Å². The van der Waals surface area contributed by atoms with Gasteiger partial charge < -0.3 is 0 Å². The van der Waals surface area contributed by atoms with Gasteiger partial charge in [-0.25, -0.2) is 0 Å². The molecule has 14 heavy (non-hydrogen) atoms. The minimum Gasteiger partial charge on any atom is -0.293 e. The Morgan fingerprint density at radius 3 is 2.86 bits per heavy atom. The maximum Gasteiger partial charge on any atom is 0.0400 e. The molecule has 0 radical (unpaired) electrons. The highest BCUT2D eigenvalue weighted by atomic mass is 15.3. The molecule has 2 fully saturated rings. The van der Waals surface area contributed by atoms with E-state index < -0.39 is 0 Å². The molecule has 1 aliphatic carbocycles. The van der Waals surface area contributed by atoms with E-state index in [-0.39, 0.29) is 7.43 Å². The van der Waals surface area contributed by atoms with Gasteiger partial charge in [0.15, 0.2) is 0 Å². The summed E-state index contributed by atoms with van der Waals surface area (Å²) in [5, 5.41) is 0. The van der Waals surface area contributed by atoms with Crippen molar-refractivity contribution in [3.8, 4) is 0 Å². The van der Waals surface area contributed by atoms with Crippen molar-refractivity contribution >= 4 is 0 Å². The number of hydrogen-bond donors (Lipinski definition) is 0. The van der Waals surface area contributed by atoms with Crippen LogP contribution in [0.25, 0.3) is 0 Å². The second kappa shape index (κ2) is 2.60. The summed E-state index contributed by atoms with van der Waals surface area (Å²) in [6.45, 7) is 1.35. The van der Waals surface area contributed by atoms with Gasteiger partial charge in [0, 0.05) is 18.6 Å². The number of benzene rings is 1. The maximum atomic E-state index is 2.68. The van der Waals surface area contributed by atoms with Crippen LogP contribution in [0.1, 0.15) is 31.0 Å². The van der Waals surface area contributed by atoms with Crippen LogP contribution in [-0.4, -0.2) is 17.5 Å². The zero-order valence-corrected chi connectivity index (χ0v) is 7.61. The largest absolute Gasteiger partial charge is 0.293 e. The molecule has 2 heterocycles. The van der Waals surface area contributed by atoms with Crippen molar-refractivity contribution in [1.29, 1.82) is 0 Å². The number of fused-ring (bicyclic) bond motifs is 6. The van der Waals surface area contributed by atoms with Crippen LogP contribution in [0.5, 0.6) is 0 Å². The Morgan fingerprint density at radius 2 is 2.07 bits per heavy atom. The van der Waals surface area contributed by atoms with Gasteiger partial charge in [-0.1, -0.05) is 31.7 Å². The van der Waals surface area contributed by atoms with E-state index in [1.54, 1.807) is 11.1 Å². The van der Waals surface area contributed by atoms with Gasteiger partial charge in [0.2, 0.25) is 0 Å². The molecule has 4 rings (SSSR count). The van der Waals surface area contributed by atoms with E-state index in [2.05, 4.69) is 29.2 Å². The lowest BCUT2D eigenvalue weighted by Crippen LogP contribution is -2.65. The molecule has 1 heteroatoms. The summed E-state index contributed by atoms with van der Waals surface area (Å²) in [5.41, 5.74) is 3.25. The number of nitrogens with zero attached hydrogens (tertiary/aromatic N) is 1. The van der Waals surface area contributed by atoms with Crippen molar-refractivity contribution in [1.82, 2.24) is 4.90 Å². The van der Waals surface area contributed by atoms with Gasteiger partial charge in [-0.15, -0.1) is 0 Å². The van der Waals surface area contributed by atoms with Crippen LogP contribution >= 0.6 is 0 Å². The zero-order valence-electron chi connectivity index (χ0n) is 7.61. The van der Waals surface area contributed by atoms with Gasteiger partial charge in [0.05, 0.1) is 0 Å². The fraction of sp³-hybridized carbons (Fsp3) is 0.538. The molecule has 0 bridgehead atoms. The highest BCUT2D eigenvalue weighted by Crippen LogP contribution is 2.56. The fourth-order valence-electron chi connectivity index (χ4n) is 3.51. The SMILES string of the molecule is C.c1ccc2c(c1)C[C@@H]1C3CCN3[C@@H]21. The summed E-state index contributed by atoms with van der Waals surface area (Å²) >= 11 is 0. The topological polar surface area (TPSA) is 3.24 Å². The quantitative estimate of drug-likeness (QED) is 0.603.